The van der Waals surface area contributed by atoms with Gasteiger partial charge in [0.05, 0.1) is 5.75 Å². The standard InChI is InChI=1S/C13H29NO2S/c1-5-10-17(15,16)11-8-7-9-13(12(3)4)14-6-2/h12-14H,5-11H2,1-4H3. The Morgan fingerprint density at radius 1 is 1.06 bits per heavy atom. The maximum absolute atomic E-state index is 11.5. The Hall–Kier alpha value is -0.0900. The van der Waals surface area contributed by atoms with Crippen LogP contribution in [-0.2, 0) is 9.84 Å². The Labute approximate surface area is 107 Å². The number of unbranched alkanes of at least 4 members (excludes halogenated alkanes) is 1. The molecule has 104 valence electrons. The second-order valence-electron chi connectivity index (χ2n) is 5.06. The van der Waals surface area contributed by atoms with Crippen LogP contribution in [0, 0.1) is 5.92 Å². The molecule has 0 radical (unpaired) electrons. The van der Waals surface area contributed by atoms with E-state index in [2.05, 4.69) is 26.1 Å². The lowest BCUT2D eigenvalue weighted by Crippen LogP contribution is -2.33. The van der Waals surface area contributed by atoms with Crippen LogP contribution in [0.25, 0.3) is 0 Å². The van der Waals surface area contributed by atoms with Gasteiger partial charge in [-0.05, 0) is 31.7 Å². The monoisotopic (exact) mass is 263 g/mol. The van der Waals surface area contributed by atoms with E-state index in [0.717, 1.165) is 32.2 Å². The minimum absolute atomic E-state index is 0.341. The minimum Gasteiger partial charge on any atom is -0.314 e. The Morgan fingerprint density at radius 3 is 2.18 bits per heavy atom. The first-order chi connectivity index (χ1) is 7.93. The van der Waals surface area contributed by atoms with Gasteiger partial charge in [-0.3, -0.25) is 0 Å². The summed E-state index contributed by atoms with van der Waals surface area (Å²) in [5.41, 5.74) is 0. The highest BCUT2D eigenvalue weighted by Gasteiger charge is 2.13. The second-order valence-corrected chi connectivity index (χ2v) is 7.36. The smallest absolute Gasteiger partial charge is 0.150 e. The molecule has 0 aliphatic heterocycles. The van der Waals surface area contributed by atoms with Gasteiger partial charge in [0.1, 0.15) is 9.84 Å². The molecule has 0 aliphatic carbocycles. The quantitative estimate of drug-likeness (QED) is 0.616. The van der Waals surface area contributed by atoms with Crippen LogP contribution in [0.4, 0.5) is 0 Å². The summed E-state index contributed by atoms with van der Waals surface area (Å²) in [5.74, 6) is 1.31. The Kier molecular flexibility index (Phi) is 8.88. The van der Waals surface area contributed by atoms with E-state index in [9.17, 15) is 8.42 Å². The van der Waals surface area contributed by atoms with Gasteiger partial charge >= 0.3 is 0 Å². The minimum atomic E-state index is -2.78. The summed E-state index contributed by atoms with van der Waals surface area (Å²) < 4.78 is 23.0. The van der Waals surface area contributed by atoms with Crippen LogP contribution in [0.3, 0.4) is 0 Å². The topological polar surface area (TPSA) is 46.2 Å². The molecule has 0 heterocycles. The number of hydrogen-bond acceptors (Lipinski definition) is 3. The van der Waals surface area contributed by atoms with Crippen LogP contribution in [0.5, 0.6) is 0 Å². The lowest BCUT2D eigenvalue weighted by atomic mass is 9.98. The highest BCUT2D eigenvalue weighted by molar-refractivity contribution is 7.91. The average molecular weight is 263 g/mol. The van der Waals surface area contributed by atoms with Gasteiger partial charge in [-0.15, -0.1) is 0 Å². The third kappa shape index (κ3) is 8.61. The van der Waals surface area contributed by atoms with Crippen molar-refractivity contribution >= 4 is 9.84 Å². The summed E-state index contributed by atoms with van der Waals surface area (Å²) in [5, 5.41) is 3.46. The zero-order chi connectivity index (χ0) is 13.3. The molecule has 0 amide bonds. The van der Waals surface area contributed by atoms with Crippen molar-refractivity contribution in [1.29, 1.82) is 0 Å². The lowest BCUT2D eigenvalue weighted by molar-refractivity contribution is 0.375. The summed E-state index contributed by atoms with van der Waals surface area (Å²) in [6.45, 7) is 9.43. The molecule has 0 spiro atoms. The molecular weight excluding hydrogens is 234 g/mol. The van der Waals surface area contributed by atoms with Crippen molar-refractivity contribution in [2.75, 3.05) is 18.1 Å². The second kappa shape index (κ2) is 8.92. The van der Waals surface area contributed by atoms with Crippen molar-refractivity contribution in [3.8, 4) is 0 Å². The molecule has 17 heavy (non-hydrogen) atoms. The van der Waals surface area contributed by atoms with Crippen molar-refractivity contribution < 1.29 is 8.42 Å². The Balaban J connectivity index is 3.82. The van der Waals surface area contributed by atoms with E-state index in [1.165, 1.54) is 0 Å². The highest BCUT2D eigenvalue weighted by atomic mass is 32.2. The number of hydrogen-bond donors (Lipinski definition) is 1. The molecule has 3 nitrogen and oxygen atoms in total. The Bertz CT molecular complexity index is 273. The molecule has 4 heteroatoms. The van der Waals surface area contributed by atoms with E-state index in [1.807, 2.05) is 6.92 Å². The molecule has 1 unspecified atom stereocenters. The predicted molar refractivity (Wildman–Crippen MR) is 75.1 cm³/mol. The van der Waals surface area contributed by atoms with E-state index < -0.39 is 9.84 Å². The lowest BCUT2D eigenvalue weighted by Gasteiger charge is -2.21. The molecule has 1 N–H and O–H groups in total. The molecule has 0 aromatic rings. The molecule has 0 aromatic carbocycles. The van der Waals surface area contributed by atoms with E-state index in [1.54, 1.807) is 0 Å². The Morgan fingerprint density at radius 2 is 1.71 bits per heavy atom. The van der Waals surface area contributed by atoms with Crippen molar-refractivity contribution in [2.24, 2.45) is 5.92 Å². The first kappa shape index (κ1) is 16.9. The molecule has 0 saturated heterocycles. The summed E-state index contributed by atoms with van der Waals surface area (Å²) in [7, 11) is -2.78. The van der Waals surface area contributed by atoms with Gasteiger partial charge in [0.25, 0.3) is 0 Å². The van der Waals surface area contributed by atoms with Crippen LogP contribution < -0.4 is 5.32 Å². The number of rotatable bonds is 10. The first-order valence-corrected chi connectivity index (χ1v) is 8.68. The van der Waals surface area contributed by atoms with Gasteiger partial charge in [-0.2, -0.15) is 0 Å². The van der Waals surface area contributed by atoms with E-state index in [4.69, 9.17) is 0 Å². The van der Waals surface area contributed by atoms with Crippen molar-refractivity contribution in [3.05, 3.63) is 0 Å². The fourth-order valence-corrected chi connectivity index (χ4v) is 3.50. The predicted octanol–water partition coefficient (Wildman–Crippen LogP) is 2.62. The molecule has 0 aromatic heterocycles. The highest BCUT2D eigenvalue weighted by Crippen LogP contribution is 2.11. The number of nitrogens with one attached hydrogen (secondary N) is 1. The average Bonchev–Trinajstić information content (AvgIpc) is 2.22. The summed E-state index contributed by atoms with van der Waals surface area (Å²) in [6, 6.07) is 0.522. The van der Waals surface area contributed by atoms with Crippen molar-refractivity contribution in [1.82, 2.24) is 5.32 Å². The molecule has 0 aliphatic rings. The third-order valence-electron chi connectivity index (χ3n) is 3.01. The first-order valence-electron chi connectivity index (χ1n) is 6.86. The van der Waals surface area contributed by atoms with Crippen LogP contribution in [0.15, 0.2) is 0 Å². The van der Waals surface area contributed by atoms with E-state index >= 15 is 0 Å². The normalized spacial score (nSPS) is 14.2. The van der Waals surface area contributed by atoms with Gasteiger partial charge in [0.15, 0.2) is 0 Å². The third-order valence-corrected chi connectivity index (χ3v) is 4.95. The van der Waals surface area contributed by atoms with Gasteiger partial charge in [0.2, 0.25) is 0 Å². The fraction of sp³-hybridized carbons (Fsp3) is 1.00. The maximum Gasteiger partial charge on any atom is 0.150 e. The molecule has 0 fully saturated rings. The molecular formula is C13H29NO2S. The largest absolute Gasteiger partial charge is 0.314 e. The summed E-state index contributed by atoms with van der Waals surface area (Å²) in [6.07, 6.45) is 3.61. The van der Waals surface area contributed by atoms with Crippen molar-refractivity contribution in [3.63, 3.8) is 0 Å². The SMILES string of the molecule is CCCS(=O)(=O)CCCCC(NCC)C(C)C. The van der Waals surface area contributed by atoms with Gasteiger partial charge < -0.3 is 5.32 Å². The fourth-order valence-electron chi connectivity index (χ4n) is 2.03. The van der Waals surface area contributed by atoms with Gasteiger partial charge in [-0.25, -0.2) is 8.42 Å². The molecule has 0 saturated carbocycles. The zero-order valence-electron chi connectivity index (χ0n) is 11.8. The van der Waals surface area contributed by atoms with E-state index in [0.29, 0.717) is 23.5 Å². The summed E-state index contributed by atoms with van der Waals surface area (Å²) >= 11 is 0. The molecule has 1 atom stereocenters. The van der Waals surface area contributed by atoms with Crippen molar-refractivity contribution in [2.45, 2.75) is 59.4 Å². The van der Waals surface area contributed by atoms with Crippen LogP contribution in [-0.4, -0.2) is 32.5 Å². The van der Waals surface area contributed by atoms with Crippen LogP contribution in [0.1, 0.15) is 53.4 Å². The van der Waals surface area contributed by atoms with Gasteiger partial charge in [0, 0.05) is 11.8 Å². The molecule has 0 rings (SSSR count). The summed E-state index contributed by atoms with van der Waals surface area (Å²) in [4.78, 5) is 0. The van der Waals surface area contributed by atoms with Crippen LogP contribution >= 0.6 is 0 Å². The van der Waals surface area contributed by atoms with Gasteiger partial charge in [-0.1, -0.05) is 34.1 Å². The maximum atomic E-state index is 11.5. The van der Waals surface area contributed by atoms with E-state index in [-0.39, 0.29) is 0 Å². The van der Waals surface area contributed by atoms with Crippen LogP contribution in [0.2, 0.25) is 0 Å². The number of sulfone groups is 1. The zero-order valence-corrected chi connectivity index (χ0v) is 12.6. The molecule has 0 bridgehead atoms.